The van der Waals surface area contributed by atoms with Crippen molar-refractivity contribution in [2.24, 2.45) is 0 Å². The summed E-state index contributed by atoms with van der Waals surface area (Å²) in [6.45, 7) is 3.32. The number of nitrogens with one attached hydrogen (secondary N) is 1. The summed E-state index contributed by atoms with van der Waals surface area (Å²) in [6.07, 6.45) is 0.883. The van der Waals surface area contributed by atoms with E-state index in [4.69, 9.17) is 21.1 Å². The van der Waals surface area contributed by atoms with Crippen molar-refractivity contribution >= 4 is 11.6 Å². The smallest absolute Gasteiger partial charge is 0.231 e. The summed E-state index contributed by atoms with van der Waals surface area (Å²) in [7, 11) is 0. The van der Waals surface area contributed by atoms with Crippen LogP contribution in [-0.2, 0) is 6.42 Å². The van der Waals surface area contributed by atoms with Crippen molar-refractivity contribution < 1.29 is 9.47 Å². The van der Waals surface area contributed by atoms with Gasteiger partial charge in [0.1, 0.15) is 0 Å². The van der Waals surface area contributed by atoms with Crippen LogP contribution in [0, 0.1) is 0 Å². The molecular formula is C17H18ClNO2. The Bertz CT molecular complexity index is 630. The highest BCUT2D eigenvalue weighted by molar-refractivity contribution is 6.30. The van der Waals surface area contributed by atoms with Gasteiger partial charge in [-0.3, -0.25) is 0 Å². The molecule has 3 rings (SSSR count). The van der Waals surface area contributed by atoms with Crippen molar-refractivity contribution in [3.63, 3.8) is 0 Å². The lowest BCUT2D eigenvalue weighted by Gasteiger charge is -2.19. The number of ether oxygens (including phenoxy) is 2. The Morgan fingerprint density at radius 3 is 2.81 bits per heavy atom. The number of likely N-dealkylation sites (N-methyl/N-ethyl adjacent to an activating group) is 1. The molecule has 1 unspecified atom stereocenters. The minimum absolute atomic E-state index is 0.225. The van der Waals surface area contributed by atoms with Gasteiger partial charge in [0.05, 0.1) is 0 Å². The third kappa shape index (κ3) is 3.31. The van der Waals surface area contributed by atoms with Crippen molar-refractivity contribution in [3.05, 3.63) is 58.6 Å². The van der Waals surface area contributed by atoms with Crippen LogP contribution in [0.5, 0.6) is 11.5 Å². The molecule has 110 valence electrons. The van der Waals surface area contributed by atoms with Gasteiger partial charge in [-0.25, -0.2) is 0 Å². The van der Waals surface area contributed by atoms with E-state index >= 15 is 0 Å². The maximum Gasteiger partial charge on any atom is 0.231 e. The molecule has 2 aromatic carbocycles. The maximum absolute atomic E-state index is 6.07. The van der Waals surface area contributed by atoms with Gasteiger partial charge in [0.25, 0.3) is 0 Å². The average Bonchev–Trinajstić information content (AvgIpc) is 2.94. The minimum Gasteiger partial charge on any atom is -0.454 e. The first kappa shape index (κ1) is 14.2. The molecule has 0 saturated carbocycles. The van der Waals surface area contributed by atoms with Crippen LogP contribution in [0.15, 0.2) is 42.5 Å². The number of fused-ring (bicyclic) bond motifs is 1. The second kappa shape index (κ2) is 6.37. The predicted octanol–water partition coefficient (Wildman–Crippen LogP) is 3.96. The van der Waals surface area contributed by atoms with Crippen LogP contribution in [0.2, 0.25) is 5.02 Å². The Kier molecular flexibility index (Phi) is 4.32. The molecule has 3 nitrogen and oxygen atoms in total. The zero-order valence-electron chi connectivity index (χ0n) is 11.9. The van der Waals surface area contributed by atoms with E-state index in [1.807, 2.05) is 24.3 Å². The van der Waals surface area contributed by atoms with Crippen LogP contribution < -0.4 is 14.8 Å². The zero-order valence-corrected chi connectivity index (χ0v) is 12.7. The second-order valence-electron chi connectivity index (χ2n) is 5.06. The second-order valence-corrected chi connectivity index (χ2v) is 5.49. The van der Waals surface area contributed by atoms with E-state index in [1.54, 1.807) is 0 Å². The average molecular weight is 304 g/mol. The van der Waals surface area contributed by atoms with Gasteiger partial charge < -0.3 is 14.8 Å². The number of hydrogen-bond donors (Lipinski definition) is 1. The molecule has 0 bridgehead atoms. The molecule has 1 aliphatic rings. The molecule has 0 fully saturated rings. The molecule has 0 aromatic heterocycles. The van der Waals surface area contributed by atoms with Gasteiger partial charge in [-0.15, -0.1) is 0 Å². The van der Waals surface area contributed by atoms with Crippen LogP contribution in [0.4, 0.5) is 0 Å². The molecule has 0 saturated heterocycles. The largest absolute Gasteiger partial charge is 0.454 e. The Hall–Kier alpha value is -1.71. The summed E-state index contributed by atoms with van der Waals surface area (Å²) in [5.74, 6) is 1.64. The van der Waals surface area contributed by atoms with E-state index in [0.29, 0.717) is 6.79 Å². The normalized spacial score (nSPS) is 14.2. The molecule has 1 N–H and O–H groups in total. The van der Waals surface area contributed by atoms with Gasteiger partial charge in [0, 0.05) is 11.1 Å². The molecule has 1 atom stereocenters. The van der Waals surface area contributed by atoms with Crippen molar-refractivity contribution in [2.45, 2.75) is 19.4 Å². The van der Waals surface area contributed by atoms with Crippen LogP contribution in [0.1, 0.15) is 24.1 Å². The predicted molar refractivity (Wildman–Crippen MR) is 84.1 cm³/mol. The molecule has 0 aliphatic carbocycles. The standard InChI is InChI=1S/C17H18ClNO2/c1-2-19-15(9-12-4-3-5-14(18)8-12)13-6-7-16-17(10-13)21-11-20-16/h3-8,10,15,19H,2,9,11H2,1H3. The molecule has 0 amide bonds. The third-order valence-corrected chi connectivity index (χ3v) is 3.81. The maximum atomic E-state index is 6.07. The van der Waals surface area contributed by atoms with E-state index in [9.17, 15) is 0 Å². The SMILES string of the molecule is CCNC(Cc1cccc(Cl)c1)c1ccc2c(c1)OCO2. The summed E-state index contributed by atoms with van der Waals surface area (Å²) in [4.78, 5) is 0. The lowest BCUT2D eigenvalue weighted by atomic mass is 9.98. The van der Waals surface area contributed by atoms with E-state index < -0.39 is 0 Å². The number of halogens is 1. The molecule has 4 heteroatoms. The monoisotopic (exact) mass is 303 g/mol. The van der Waals surface area contributed by atoms with E-state index in [0.717, 1.165) is 29.5 Å². The van der Waals surface area contributed by atoms with Crippen molar-refractivity contribution in [1.29, 1.82) is 0 Å². The Labute approximate surface area is 129 Å². The molecule has 0 radical (unpaired) electrons. The molecule has 1 heterocycles. The third-order valence-electron chi connectivity index (χ3n) is 3.58. The first-order valence-electron chi connectivity index (χ1n) is 7.13. The molecular weight excluding hydrogens is 286 g/mol. The Balaban J connectivity index is 1.84. The molecule has 1 aliphatic heterocycles. The van der Waals surface area contributed by atoms with E-state index in [-0.39, 0.29) is 6.04 Å². The van der Waals surface area contributed by atoms with Crippen molar-refractivity contribution in [3.8, 4) is 11.5 Å². The van der Waals surface area contributed by atoms with Gasteiger partial charge in [-0.2, -0.15) is 0 Å². The summed E-state index contributed by atoms with van der Waals surface area (Å²) in [5, 5.41) is 4.29. The number of benzene rings is 2. The number of hydrogen-bond acceptors (Lipinski definition) is 3. The topological polar surface area (TPSA) is 30.5 Å². The van der Waals surface area contributed by atoms with Crippen LogP contribution in [-0.4, -0.2) is 13.3 Å². The summed E-state index contributed by atoms with van der Waals surface area (Å²) < 4.78 is 10.8. The van der Waals surface area contributed by atoms with Gasteiger partial charge in [-0.1, -0.05) is 36.7 Å². The van der Waals surface area contributed by atoms with Gasteiger partial charge in [0.2, 0.25) is 6.79 Å². The summed E-state index contributed by atoms with van der Waals surface area (Å²) in [6, 6.07) is 14.3. The molecule has 2 aromatic rings. The van der Waals surface area contributed by atoms with E-state index in [1.165, 1.54) is 11.1 Å². The fraction of sp³-hybridized carbons (Fsp3) is 0.294. The van der Waals surface area contributed by atoms with Crippen molar-refractivity contribution in [2.75, 3.05) is 13.3 Å². The number of rotatable bonds is 5. The highest BCUT2D eigenvalue weighted by atomic mass is 35.5. The first-order valence-corrected chi connectivity index (χ1v) is 7.51. The van der Waals surface area contributed by atoms with Gasteiger partial charge in [-0.05, 0) is 48.4 Å². The lowest BCUT2D eigenvalue weighted by molar-refractivity contribution is 0.174. The van der Waals surface area contributed by atoms with Gasteiger partial charge >= 0.3 is 0 Å². The first-order chi connectivity index (χ1) is 10.3. The zero-order chi connectivity index (χ0) is 14.7. The van der Waals surface area contributed by atoms with Gasteiger partial charge in [0.15, 0.2) is 11.5 Å². The Morgan fingerprint density at radius 1 is 1.14 bits per heavy atom. The fourth-order valence-electron chi connectivity index (χ4n) is 2.58. The van der Waals surface area contributed by atoms with Crippen LogP contribution in [0.3, 0.4) is 0 Å². The highest BCUT2D eigenvalue weighted by Gasteiger charge is 2.18. The molecule has 21 heavy (non-hydrogen) atoms. The van der Waals surface area contributed by atoms with E-state index in [2.05, 4.69) is 30.4 Å². The van der Waals surface area contributed by atoms with Crippen molar-refractivity contribution in [1.82, 2.24) is 5.32 Å². The quantitative estimate of drug-likeness (QED) is 0.907. The van der Waals surface area contributed by atoms with Crippen LogP contribution >= 0.6 is 11.6 Å². The molecule has 0 spiro atoms. The highest BCUT2D eigenvalue weighted by Crippen LogP contribution is 2.34. The summed E-state index contributed by atoms with van der Waals surface area (Å²) >= 11 is 6.07. The fourth-order valence-corrected chi connectivity index (χ4v) is 2.80. The summed E-state index contributed by atoms with van der Waals surface area (Å²) in [5.41, 5.74) is 2.41. The Morgan fingerprint density at radius 2 is 2.00 bits per heavy atom. The minimum atomic E-state index is 0.225. The lowest BCUT2D eigenvalue weighted by Crippen LogP contribution is -2.22. The van der Waals surface area contributed by atoms with Crippen LogP contribution in [0.25, 0.3) is 0 Å².